The van der Waals surface area contributed by atoms with Crippen molar-refractivity contribution in [2.75, 3.05) is 10.6 Å². The number of aryl methyl sites for hydroxylation is 1. The molecule has 23 heavy (non-hydrogen) atoms. The third kappa shape index (κ3) is 5.64. The number of nitriles is 1. The van der Waals surface area contributed by atoms with Crippen LogP contribution < -0.4 is 10.6 Å². The van der Waals surface area contributed by atoms with E-state index in [2.05, 4.69) is 10.6 Å². The lowest BCUT2D eigenvalue weighted by Crippen LogP contribution is -2.13. The van der Waals surface area contributed by atoms with Crippen LogP contribution in [0.5, 0.6) is 0 Å². The molecule has 0 unspecified atom stereocenters. The molecule has 2 aromatic rings. The Morgan fingerprint density at radius 2 is 1.57 bits per heavy atom. The predicted octanol–water partition coefficient (Wildman–Crippen LogP) is 3.11. The maximum atomic E-state index is 12.0. The molecular formula is C18H17N3O2. The van der Waals surface area contributed by atoms with E-state index >= 15 is 0 Å². The summed E-state index contributed by atoms with van der Waals surface area (Å²) in [6.45, 7) is 0. The fourth-order valence-electron chi connectivity index (χ4n) is 2.08. The van der Waals surface area contributed by atoms with Gasteiger partial charge in [-0.1, -0.05) is 36.4 Å². The Morgan fingerprint density at radius 1 is 0.913 bits per heavy atom. The number of carbonyl (C=O) groups is 2. The molecule has 2 rings (SSSR count). The summed E-state index contributed by atoms with van der Waals surface area (Å²) in [6.07, 6.45) is 0.855. The maximum absolute atomic E-state index is 12.0. The van der Waals surface area contributed by atoms with Gasteiger partial charge in [0.2, 0.25) is 11.8 Å². The first-order chi connectivity index (χ1) is 11.2. The van der Waals surface area contributed by atoms with Crippen molar-refractivity contribution in [3.63, 3.8) is 0 Å². The molecule has 0 saturated heterocycles. The molecule has 0 atom stereocenters. The van der Waals surface area contributed by atoms with Crippen molar-refractivity contribution in [1.82, 2.24) is 0 Å². The Kier molecular flexibility index (Phi) is 5.89. The second-order valence-corrected chi connectivity index (χ2v) is 5.00. The van der Waals surface area contributed by atoms with E-state index in [1.54, 1.807) is 30.3 Å². The lowest BCUT2D eigenvalue weighted by atomic mass is 10.1. The molecule has 2 amide bonds. The molecule has 0 bridgehead atoms. The van der Waals surface area contributed by atoms with Gasteiger partial charge >= 0.3 is 0 Å². The van der Waals surface area contributed by atoms with E-state index < -0.39 is 0 Å². The van der Waals surface area contributed by atoms with Gasteiger partial charge in [-0.05, 0) is 30.2 Å². The Labute approximate surface area is 134 Å². The summed E-state index contributed by atoms with van der Waals surface area (Å²) in [5.74, 6) is -0.464. The van der Waals surface area contributed by atoms with Crippen molar-refractivity contribution >= 4 is 23.2 Å². The molecule has 0 radical (unpaired) electrons. The van der Waals surface area contributed by atoms with E-state index in [9.17, 15) is 9.59 Å². The SMILES string of the molecule is N#CCC(=O)Nc1cccc(NC(=O)CCc2ccccc2)c1. The summed E-state index contributed by atoms with van der Waals surface area (Å²) in [4.78, 5) is 23.4. The van der Waals surface area contributed by atoms with E-state index in [-0.39, 0.29) is 18.2 Å². The number of nitrogens with zero attached hydrogens (tertiary/aromatic N) is 1. The molecule has 0 spiro atoms. The Hall–Kier alpha value is -3.13. The third-order valence-corrected chi connectivity index (χ3v) is 3.15. The zero-order valence-electron chi connectivity index (χ0n) is 12.6. The number of hydrogen-bond acceptors (Lipinski definition) is 3. The number of anilines is 2. The van der Waals surface area contributed by atoms with Crippen molar-refractivity contribution in [2.45, 2.75) is 19.3 Å². The van der Waals surface area contributed by atoms with Crippen LogP contribution in [0.1, 0.15) is 18.4 Å². The molecule has 0 fully saturated rings. The average molecular weight is 307 g/mol. The van der Waals surface area contributed by atoms with Crippen LogP contribution in [0.15, 0.2) is 54.6 Å². The number of hydrogen-bond donors (Lipinski definition) is 2. The van der Waals surface area contributed by atoms with Crippen LogP contribution in [0.4, 0.5) is 11.4 Å². The van der Waals surface area contributed by atoms with Crippen LogP contribution in [-0.4, -0.2) is 11.8 Å². The van der Waals surface area contributed by atoms with Crippen molar-refractivity contribution in [3.8, 4) is 6.07 Å². The van der Waals surface area contributed by atoms with Gasteiger partial charge in [0, 0.05) is 17.8 Å². The van der Waals surface area contributed by atoms with Crippen molar-refractivity contribution < 1.29 is 9.59 Å². The maximum Gasteiger partial charge on any atom is 0.238 e. The number of nitrogens with one attached hydrogen (secondary N) is 2. The molecule has 0 aliphatic heterocycles. The molecule has 0 saturated carbocycles. The topological polar surface area (TPSA) is 82.0 Å². The number of benzene rings is 2. The number of carbonyl (C=O) groups excluding carboxylic acids is 2. The zero-order chi connectivity index (χ0) is 16.5. The highest BCUT2D eigenvalue weighted by molar-refractivity contribution is 5.94. The average Bonchev–Trinajstić information content (AvgIpc) is 2.54. The van der Waals surface area contributed by atoms with Crippen LogP contribution in [0.25, 0.3) is 0 Å². The van der Waals surface area contributed by atoms with Gasteiger partial charge in [-0.3, -0.25) is 9.59 Å². The molecular weight excluding hydrogens is 290 g/mol. The Bertz CT molecular complexity index is 721. The van der Waals surface area contributed by atoms with E-state index in [0.29, 0.717) is 24.2 Å². The molecule has 5 heteroatoms. The summed E-state index contributed by atoms with van der Waals surface area (Å²) in [6, 6.07) is 18.4. The second kappa shape index (κ2) is 8.35. The standard InChI is InChI=1S/C18H17N3O2/c19-12-11-18(23)21-16-8-4-7-15(13-16)20-17(22)10-9-14-5-2-1-3-6-14/h1-8,13H,9-11H2,(H,20,22)(H,21,23). The summed E-state index contributed by atoms with van der Waals surface area (Å²) in [7, 11) is 0. The van der Waals surface area contributed by atoms with Crippen LogP contribution in [0.3, 0.4) is 0 Å². The molecule has 116 valence electrons. The molecule has 2 aromatic carbocycles. The molecule has 0 aliphatic rings. The van der Waals surface area contributed by atoms with Crippen molar-refractivity contribution in [3.05, 3.63) is 60.2 Å². The molecule has 0 aliphatic carbocycles. The van der Waals surface area contributed by atoms with Crippen LogP contribution in [0, 0.1) is 11.3 Å². The van der Waals surface area contributed by atoms with E-state index in [1.165, 1.54) is 0 Å². The van der Waals surface area contributed by atoms with Gasteiger partial charge < -0.3 is 10.6 Å². The molecule has 0 aromatic heterocycles. The largest absolute Gasteiger partial charge is 0.326 e. The fraction of sp³-hybridized carbons (Fsp3) is 0.167. The first-order valence-electron chi connectivity index (χ1n) is 7.28. The highest BCUT2D eigenvalue weighted by Gasteiger charge is 2.05. The quantitative estimate of drug-likeness (QED) is 0.860. The monoisotopic (exact) mass is 307 g/mol. The Morgan fingerprint density at radius 3 is 2.22 bits per heavy atom. The molecule has 2 N–H and O–H groups in total. The van der Waals surface area contributed by atoms with Crippen LogP contribution >= 0.6 is 0 Å². The van der Waals surface area contributed by atoms with Gasteiger partial charge in [-0.25, -0.2) is 0 Å². The summed E-state index contributed by atoms with van der Waals surface area (Å²) < 4.78 is 0. The fourth-order valence-corrected chi connectivity index (χ4v) is 2.08. The van der Waals surface area contributed by atoms with E-state index in [0.717, 1.165) is 5.56 Å². The summed E-state index contributed by atoms with van der Waals surface area (Å²) in [5.41, 5.74) is 2.27. The van der Waals surface area contributed by atoms with Gasteiger partial charge in [-0.15, -0.1) is 0 Å². The summed E-state index contributed by atoms with van der Waals surface area (Å²) >= 11 is 0. The molecule has 5 nitrogen and oxygen atoms in total. The lowest BCUT2D eigenvalue weighted by molar-refractivity contribution is -0.116. The highest BCUT2D eigenvalue weighted by atomic mass is 16.2. The normalized spacial score (nSPS) is 9.70. The smallest absolute Gasteiger partial charge is 0.238 e. The number of rotatable bonds is 6. The highest BCUT2D eigenvalue weighted by Crippen LogP contribution is 2.16. The van der Waals surface area contributed by atoms with Gasteiger partial charge in [0.1, 0.15) is 6.42 Å². The minimum Gasteiger partial charge on any atom is -0.326 e. The second-order valence-electron chi connectivity index (χ2n) is 5.00. The minimum absolute atomic E-state index is 0.0886. The first kappa shape index (κ1) is 16.2. The van der Waals surface area contributed by atoms with E-state index in [1.807, 2.05) is 30.3 Å². The predicted molar refractivity (Wildman–Crippen MR) is 88.7 cm³/mol. The third-order valence-electron chi connectivity index (χ3n) is 3.15. The van der Waals surface area contributed by atoms with Gasteiger partial charge in [-0.2, -0.15) is 5.26 Å². The van der Waals surface area contributed by atoms with Crippen molar-refractivity contribution in [1.29, 1.82) is 5.26 Å². The van der Waals surface area contributed by atoms with Gasteiger partial charge in [0.25, 0.3) is 0 Å². The molecule has 0 heterocycles. The Balaban J connectivity index is 1.88. The number of amides is 2. The van der Waals surface area contributed by atoms with Gasteiger partial charge in [0.15, 0.2) is 0 Å². The van der Waals surface area contributed by atoms with Crippen LogP contribution in [0.2, 0.25) is 0 Å². The van der Waals surface area contributed by atoms with Crippen molar-refractivity contribution in [2.24, 2.45) is 0 Å². The summed E-state index contributed by atoms with van der Waals surface area (Å²) in [5, 5.41) is 13.9. The van der Waals surface area contributed by atoms with Gasteiger partial charge in [0.05, 0.1) is 6.07 Å². The van der Waals surface area contributed by atoms with E-state index in [4.69, 9.17) is 5.26 Å². The van der Waals surface area contributed by atoms with Crippen LogP contribution in [-0.2, 0) is 16.0 Å². The minimum atomic E-state index is -0.375. The first-order valence-corrected chi connectivity index (χ1v) is 7.28. The lowest BCUT2D eigenvalue weighted by Gasteiger charge is -2.08. The zero-order valence-corrected chi connectivity index (χ0v) is 12.6.